The number of benzene rings is 2. The second-order valence-corrected chi connectivity index (χ2v) is 8.71. The number of methoxy groups -OCH3 is 1. The molecule has 152 valence electrons. The molecule has 1 N–H and O–H groups in total. The molecule has 0 unspecified atom stereocenters. The Bertz CT molecular complexity index is 910. The zero-order valence-corrected chi connectivity index (χ0v) is 17.0. The van der Waals surface area contributed by atoms with E-state index in [4.69, 9.17) is 9.47 Å². The van der Waals surface area contributed by atoms with Crippen LogP contribution in [0.25, 0.3) is 6.08 Å². The van der Waals surface area contributed by atoms with E-state index in [1.54, 1.807) is 7.11 Å². The van der Waals surface area contributed by atoms with E-state index >= 15 is 0 Å². The van der Waals surface area contributed by atoms with Crippen molar-refractivity contribution in [1.82, 2.24) is 4.90 Å². The van der Waals surface area contributed by atoms with Crippen molar-refractivity contribution in [2.45, 2.75) is 24.9 Å². The third-order valence-electron chi connectivity index (χ3n) is 6.95. The van der Waals surface area contributed by atoms with Crippen molar-refractivity contribution in [3.63, 3.8) is 0 Å². The van der Waals surface area contributed by atoms with Crippen LogP contribution in [0.3, 0.4) is 0 Å². The molecule has 0 bridgehead atoms. The van der Waals surface area contributed by atoms with Gasteiger partial charge in [0, 0.05) is 31.1 Å². The fourth-order valence-corrected chi connectivity index (χ4v) is 5.59. The Kier molecular flexibility index (Phi) is 4.84. The van der Waals surface area contributed by atoms with Gasteiger partial charge in [-0.25, -0.2) is 0 Å². The second-order valence-electron chi connectivity index (χ2n) is 8.71. The van der Waals surface area contributed by atoms with Gasteiger partial charge in [-0.1, -0.05) is 42.5 Å². The first-order chi connectivity index (χ1) is 14.2. The Morgan fingerprint density at radius 3 is 2.83 bits per heavy atom. The summed E-state index contributed by atoms with van der Waals surface area (Å²) in [6.45, 7) is 3.50. The number of hydrogen-bond donors (Lipinski definition) is 1. The average Bonchev–Trinajstić information content (AvgIpc) is 3.18. The van der Waals surface area contributed by atoms with Crippen molar-refractivity contribution in [2.24, 2.45) is 11.8 Å². The van der Waals surface area contributed by atoms with Crippen LogP contribution in [0.2, 0.25) is 0 Å². The maximum Gasteiger partial charge on any atom is 0.168 e. The third kappa shape index (κ3) is 3.34. The Morgan fingerprint density at radius 2 is 2.00 bits per heavy atom. The van der Waals surface area contributed by atoms with Crippen LogP contribution in [0.4, 0.5) is 0 Å². The van der Waals surface area contributed by atoms with Gasteiger partial charge in [0.1, 0.15) is 6.61 Å². The lowest BCUT2D eigenvalue weighted by Gasteiger charge is -2.41. The molecule has 1 aliphatic carbocycles. The van der Waals surface area contributed by atoms with Crippen molar-refractivity contribution in [3.05, 3.63) is 65.2 Å². The van der Waals surface area contributed by atoms with Crippen LogP contribution in [-0.2, 0) is 5.60 Å². The Hall–Kier alpha value is -2.30. The summed E-state index contributed by atoms with van der Waals surface area (Å²) in [6.07, 6.45) is 5.42. The van der Waals surface area contributed by atoms with Crippen LogP contribution in [-0.4, -0.2) is 43.4 Å². The highest BCUT2D eigenvalue weighted by Crippen LogP contribution is 2.48. The van der Waals surface area contributed by atoms with Crippen molar-refractivity contribution in [2.75, 3.05) is 33.4 Å². The smallest absolute Gasteiger partial charge is 0.168 e. The van der Waals surface area contributed by atoms with Crippen LogP contribution in [0.15, 0.2) is 54.1 Å². The van der Waals surface area contributed by atoms with Gasteiger partial charge in [-0.15, -0.1) is 0 Å². The van der Waals surface area contributed by atoms with Gasteiger partial charge in [0.25, 0.3) is 0 Å². The topological polar surface area (TPSA) is 41.9 Å². The summed E-state index contributed by atoms with van der Waals surface area (Å²) in [5.41, 5.74) is 2.75. The molecule has 3 aliphatic rings. The summed E-state index contributed by atoms with van der Waals surface area (Å²) < 4.78 is 11.4. The molecule has 2 aromatic carbocycles. The number of para-hydroxylation sites is 1. The molecule has 5 rings (SSSR count). The molecule has 2 heterocycles. The predicted molar refractivity (Wildman–Crippen MR) is 114 cm³/mol. The molecular formula is C25H29NO3. The van der Waals surface area contributed by atoms with Crippen molar-refractivity contribution >= 4 is 6.08 Å². The monoisotopic (exact) mass is 391 g/mol. The molecule has 2 aliphatic heterocycles. The van der Waals surface area contributed by atoms with E-state index in [2.05, 4.69) is 29.2 Å². The summed E-state index contributed by atoms with van der Waals surface area (Å²) in [6, 6.07) is 16.3. The highest BCUT2D eigenvalue weighted by molar-refractivity contribution is 5.66. The zero-order chi connectivity index (χ0) is 19.8. The normalized spacial score (nSPS) is 28.8. The molecule has 2 aromatic rings. The lowest BCUT2D eigenvalue weighted by Crippen LogP contribution is -2.42. The number of aliphatic hydroxyl groups is 1. The van der Waals surface area contributed by atoms with Crippen LogP contribution >= 0.6 is 0 Å². The van der Waals surface area contributed by atoms with Crippen LogP contribution < -0.4 is 9.47 Å². The van der Waals surface area contributed by atoms with Gasteiger partial charge in [-0.3, -0.25) is 4.90 Å². The molecule has 0 radical (unpaired) electrons. The van der Waals surface area contributed by atoms with Gasteiger partial charge >= 0.3 is 0 Å². The molecule has 4 nitrogen and oxygen atoms in total. The number of rotatable bonds is 4. The van der Waals surface area contributed by atoms with Crippen LogP contribution in [0.1, 0.15) is 30.4 Å². The van der Waals surface area contributed by atoms with E-state index in [0.29, 0.717) is 18.4 Å². The van der Waals surface area contributed by atoms with Gasteiger partial charge in [-0.2, -0.15) is 0 Å². The minimum absolute atomic E-state index is 0.302. The molecule has 0 amide bonds. The van der Waals surface area contributed by atoms with Crippen molar-refractivity contribution in [1.29, 1.82) is 0 Å². The summed E-state index contributed by atoms with van der Waals surface area (Å²) in [5.74, 6) is 2.49. The second kappa shape index (κ2) is 7.51. The van der Waals surface area contributed by atoms with E-state index in [1.807, 2.05) is 30.3 Å². The summed E-state index contributed by atoms with van der Waals surface area (Å²) in [4.78, 5) is 2.51. The first-order valence-electron chi connectivity index (χ1n) is 10.7. The van der Waals surface area contributed by atoms with Crippen molar-refractivity contribution in [3.8, 4) is 11.5 Å². The van der Waals surface area contributed by atoms with E-state index in [-0.39, 0.29) is 0 Å². The Morgan fingerprint density at radius 1 is 1.14 bits per heavy atom. The van der Waals surface area contributed by atoms with E-state index in [0.717, 1.165) is 55.1 Å². The minimum Gasteiger partial charge on any atom is -0.493 e. The maximum atomic E-state index is 11.6. The first kappa shape index (κ1) is 18.7. The largest absolute Gasteiger partial charge is 0.493 e. The van der Waals surface area contributed by atoms with Crippen LogP contribution in [0, 0.1) is 11.8 Å². The predicted octanol–water partition coefficient (Wildman–Crippen LogP) is 4.09. The molecular weight excluding hydrogens is 362 g/mol. The molecule has 3 atom stereocenters. The van der Waals surface area contributed by atoms with E-state index in [9.17, 15) is 5.11 Å². The standard InChI is InChI=1S/C25H29NO3/c1-28-23-11-5-7-19-13-18(17-29-24(19)23)14-26-15-20-8-6-12-25(27,22(20)16-26)21-9-3-2-4-10-21/h2-5,7,9-11,13,20,22,27H,6,8,12,14-17H2,1H3/t20-,22+,25+/m1/s1. The van der Waals surface area contributed by atoms with E-state index in [1.165, 1.54) is 12.0 Å². The summed E-state index contributed by atoms with van der Waals surface area (Å²) in [7, 11) is 1.68. The number of likely N-dealkylation sites (tertiary alicyclic amines) is 1. The fourth-order valence-electron chi connectivity index (χ4n) is 5.59. The quantitative estimate of drug-likeness (QED) is 0.852. The van der Waals surface area contributed by atoms with Gasteiger partial charge < -0.3 is 14.6 Å². The van der Waals surface area contributed by atoms with Gasteiger partial charge in [0.05, 0.1) is 12.7 Å². The minimum atomic E-state index is -0.698. The maximum absolute atomic E-state index is 11.6. The molecule has 1 saturated carbocycles. The number of fused-ring (bicyclic) bond motifs is 2. The van der Waals surface area contributed by atoms with Crippen molar-refractivity contribution < 1.29 is 14.6 Å². The number of ether oxygens (including phenoxy) is 2. The SMILES string of the molecule is COc1cccc2c1OCC(CN1C[C@H]3CCC[C@](O)(c4ccccc4)[C@H]3C1)=C2. The highest BCUT2D eigenvalue weighted by atomic mass is 16.5. The number of hydrogen-bond acceptors (Lipinski definition) is 4. The molecule has 0 aromatic heterocycles. The van der Waals surface area contributed by atoms with Gasteiger partial charge in [-0.05, 0) is 48.5 Å². The molecule has 1 saturated heterocycles. The molecule has 29 heavy (non-hydrogen) atoms. The summed E-state index contributed by atoms with van der Waals surface area (Å²) in [5, 5.41) is 11.6. The first-order valence-corrected chi connectivity index (χ1v) is 10.7. The fraction of sp³-hybridized carbons (Fsp3) is 0.440. The third-order valence-corrected chi connectivity index (χ3v) is 6.95. The molecule has 2 fully saturated rings. The van der Waals surface area contributed by atoms with Gasteiger partial charge in [0.2, 0.25) is 0 Å². The average molecular weight is 392 g/mol. The lowest BCUT2D eigenvalue weighted by atomic mass is 9.67. The Labute approximate surface area is 172 Å². The lowest BCUT2D eigenvalue weighted by molar-refractivity contribution is -0.0646. The molecule has 0 spiro atoms. The Balaban J connectivity index is 1.34. The molecule has 4 heteroatoms. The zero-order valence-electron chi connectivity index (χ0n) is 17.0. The highest BCUT2D eigenvalue weighted by Gasteiger charge is 2.49. The van der Waals surface area contributed by atoms with E-state index < -0.39 is 5.60 Å². The van der Waals surface area contributed by atoms with Gasteiger partial charge in [0.15, 0.2) is 11.5 Å². The number of nitrogens with zero attached hydrogens (tertiary/aromatic N) is 1. The summed E-state index contributed by atoms with van der Waals surface area (Å²) >= 11 is 0. The van der Waals surface area contributed by atoms with Crippen LogP contribution in [0.5, 0.6) is 11.5 Å².